The number of thiophene rings is 1. The molecule has 1 fully saturated rings. The molecular formula is C18H30ClNS. The first-order valence-electron chi connectivity index (χ1n) is 8.30. The third-order valence-electron chi connectivity index (χ3n) is 4.72. The van der Waals surface area contributed by atoms with Gasteiger partial charge in [0.25, 0.3) is 0 Å². The Morgan fingerprint density at radius 3 is 2.71 bits per heavy atom. The summed E-state index contributed by atoms with van der Waals surface area (Å²) in [7, 11) is 0. The Bertz CT molecular complexity index is 438. The molecule has 0 amide bonds. The van der Waals surface area contributed by atoms with Crippen LogP contribution in [-0.4, -0.2) is 13.1 Å². The Morgan fingerprint density at radius 1 is 1.33 bits per heavy atom. The van der Waals surface area contributed by atoms with Crippen molar-refractivity contribution < 1.29 is 0 Å². The summed E-state index contributed by atoms with van der Waals surface area (Å²) in [5.41, 5.74) is 0.500. The van der Waals surface area contributed by atoms with Crippen molar-refractivity contribution in [1.29, 1.82) is 0 Å². The third kappa shape index (κ3) is 5.58. The minimum absolute atomic E-state index is 0.500. The average molecular weight is 328 g/mol. The lowest BCUT2D eigenvalue weighted by molar-refractivity contribution is 0.116. The molecule has 1 N–H and O–H groups in total. The molecule has 0 bridgehead atoms. The van der Waals surface area contributed by atoms with Gasteiger partial charge in [-0.1, -0.05) is 39.3 Å². The van der Waals surface area contributed by atoms with Crippen LogP contribution in [0.2, 0.25) is 4.34 Å². The summed E-state index contributed by atoms with van der Waals surface area (Å²) < 4.78 is 0.926. The summed E-state index contributed by atoms with van der Waals surface area (Å²) >= 11 is 7.85. The number of nitrogens with one attached hydrogen (secondary N) is 1. The van der Waals surface area contributed by atoms with Crippen LogP contribution in [0, 0.1) is 23.2 Å². The van der Waals surface area contributed by atoms with Gasteiger partial charge >= 0.3 is 0 Å². The van der Waals surface area contributed by atoms with Crippen LogP contribution in [0.15, 0.2) is 12.1 Å². The molecule has 1 aliphatic rings. The van der Waals surface area contributed by atoms with E-state index in [1.165, 1.54) is 37.1 Å². The molecular weight excluding hydrogens is 298 g/mol. The monoisotopic (exact) mass is 327 g/mol. The van der Waals surface area contributed by atoms with Crippen LogP contribution in [0.3, 0.4) is 0 Å². The van der Waals surface area contributed by atoms with Crippen LogP contribution in [0.1, 0.15) is 51.8 Å². The maximum atomic E-state index is 6.10. The molecule has 0 spiro atoms. The predicted molar refractivity (Wildman–Crippen MR) is 95.4 cm³/mol. The van der Waals surface area contributed by atoms with E-state index in [0.717, 1.165) is 28.6 Å². The number of halogens is 1. The van der Waals surface area contributed by atoms with E-state index in [1.807, 2.05) is 6.07 Å². The first kappa shape index (κ1) is 17.3. The Labute approximate surface area is 139 Å². The first-order chi connectivity index (χ1) is 9.85. The second kappa shape index (κ2) is 7.48. The zero-order chi connectivity index (χ0) is 15.5. The third-order valence-corrected chi connectivity index (χ3v) is 5.98. The normalized spacial score (nSPS) is 25.4. The highest BCUT2D eigenvalue weighted by atomic mass is 35.5. The van der Waals surface area contributed by atoms with Gasteiger partial charge in [-0.15, -0.1) is 11.3 Å². The van der Waals surface area contributed by atoms with Crippen molar-refractivity contribution in [3.05, 3.63) is 21.3 Å². The zero-order valence-electron chi connectivity index (χ0n) is 13.9. The van der Waals surface area contributed by atoms with E-state index in [1.54, 1.807) is 11.3 Å². The predicted octanol–water partition coefficient (Wildman–Crippen LogP) is 5.63. The summed E-state index contributed by atoms with van der Waals surface area (Å²) in [6.07, 6.45) is 5.27. The molecule has 1 aromatic heterocycles. The van der Waals surface area contributed by atoms with E-state index >= 15 is 0 Å². The summed E-state index contributed by atoms with van der Waals surface area (Å²) in [4.78, 5) is 1.46. The topological polar surface area (TPSA) is 12.0 Å². The molecule has 1 saturated carbocycles. The lowest BCUT2D eigenvalue weighted by Gasteiger charge is -2.41. The minimum atomic E-state index is 0.500. The maximum Gasteiger partial charge on any atom is 0.0931 e. The second-order valence-corrected chi connectivity index (χ2v) is 9.69. The number of hydrogen-bond donors (Lipinski definition) is 1. The molecule has 21 heavy (non-hydrogen) atoms. The Kier molecular flexibility index (Phi) is 6.16. The van der Waals surface area contributed by atoms with Crippen LogP contribution < -0.4 is 5.32 Å². The van der Waals surface area contributed by atoms with E-state index in [0.29, 0.717) is 5.41 Å². The molecule has 0 aromatic carbocycles. The molecule has 2 atom stereocenters. The molecule has 1 heterocycles. The van der Waals surface area contributed by atoms with Gasteiger partial charge in [0.05, 0.1) is 4.34 Å². The number of rotatable bonds is 6. The largest absolute Gasteiger partial charge is 0.316 e. The molecule has 1 aromatic rings. The Balaban J connectivity index is 1.96. The first-order valence-corrected chi connectivity index (χ1v) is 9.50. The highest BCUT2D eigenvalue weighted by molar-refractivity contribution is 7.16. The lowest BCUT2D eigenvalue weighted by Crippen LogP contribution is -2.37. The van der Waals surface area contributed by atoms with Crippen LogP contribution in [0.25, 0.3) is 0 Å². The van der Waals surface area contributed by atoms with Crippen LogP contribution in [0.5, 0.6) is 0 Å². The lowest BCUT2D eigenvalue weighted by atomic mass is 9.66. The minimum Gasteiger partial charge on any atom is -0.316 e. The van der Waals surface area contributed by atoms with Gasteiger partial charge in [0.1, 0.15) is 0 Å². The molecule has 3 heteroatoms. The summed E-state index contributed by atoms with van der Waals surface area (Å²) in [5.74, 6) is 2.35. The Morgan fingerprint density at radius 2 is 2.10 bits per heavy atom. The SMILES string of the molecule is CC(C)CNCC1CCC(C)(C)CC1Cc1ccc(Cl)s1. The quantitative estimate of drug-likeness (QED) is 0.713. The Hall–Kier alpha value is -0.0500. The summed E-state index contributed by atoms with van der Waals surface area (Å²) in [6.45, 7) is 11.7. The standard InChI is InChI=1S/C18H30ClNS/c1-13(2)11-20-12-14-7-8-18(3,4)10-15(14)9-16-5-6-17(19)21-16/h5-6,13-15,20H,7-12H2,1-4H3. The van der Waals surface area contributed by atoms with Crippen LogP contribution >= 0.6 is 22.9 Å². The fourth-order valence-corrected chi connectivity index (χ4v) is 4.76. The molecule has 1 nitrogen and oxygen atoms in total. The summed E-state index contributed by atoms with van der Waals surface area (Å²) in [6, 6.07) is 4.26. The van der Waals surface area contributed by atoms with Gasteiger partial charge in [-0.2, -0.15) is 0 Å². The van der Waals surface area contributed by atoms with Crippen molar-refractivity contribution in [2.45, 2.75) is 53.4 Å². The van der Waals surface area contributed by atoms with E-state index in [9.17, 15) is 0 Å². The highest BCUT2D eigenvalue weighted by Crippen LogP contribution is 2.43. The van der Waals surface area contributed by atoms with Crippen molar-refractivity contribution in [3.63, 3.8) is 0 Å². The van der Waals surface area contributed by atoms with Gasteiger partial charge in [-0.25, -0.2) is 0 Å². The fourth-order valence-electron chi connectivity index (χ4n) is 3.58. The van der Waals surface area contributed by atoms with Crippen molar-refractivity contribution in [3.8, 4) is 0 Å². The van der Waals surface area contributed by atoms with Crippen molar-refractivity contribution in [2.75, 3.05) is 13.1 Å². The van der Waals surface area contributed by atoms with E-state index < -0.39 is 0 Å². The number of hydrogen-bond acceptors (Lipinski definition) is 2. The molecule has 1 aliphatic carbocycles. The molecule has 2 rings (SSSR count). The highest BCUT2D eigenvalue weighted by Gasteiger charge is 2.34. The maximum absolute atomic E-state index is 6.10. The summed E-state index contributed by atoms with van der Waals surface area (Å²) in [5, 5.41) is 3.68. The van der Waals surface area contributed by atoms with Crippen LogP contribution in [0.4, 0.5) is 0 Å². The van der Waals surface area contributed by atoms with Crippen molar-refractivity contribution in [1.82, 2.24) is 5.32 Å². The van der Waals surface area contributed by atoms with Gasteiger partial charge in [0.2, 0.25) is 0 Å². The molecule has 0 aliphatic heterocycles. The van der Waals surface area contributed by atoms with Gasteiger partial charge in [0.15, 0.2) is 0 Å². The van der Waals surface area contributed by atoms with Crippen LogP contribution in [-0.2, 0) is 6.42 Å². The molecule has 2 unspecified atom stereocenters. The molecule has 120 valence electrons. The van der Waals surface area contributed by atoms with E-state index in [4.69, 9.17) is 11.6 Å². The average Bonchev–Trinajstić information content (AvgIpc) is 2.76. The van der Waals surface area contributed by atoms with Crippen molar-refractivity contribution >= 4 is 22.9 Å². The molecule has 0 radical (unpaired) electrons. The van der Waals surface area contributed by atoms with Gasteiger partial charge in [-0.05, 0) is 74.1 Å². The molecule has 0 saturated heterocycles. The van der Waals surface area contributed by atoms with E-state index in [2.05, 4.69) is 39.1 Å². The second-order valence-electron chi connectivity index (χ2n) is 7.89. The van der Waals surface area contributed by atoms with Gasteiger partial charge in [0, 0.05) is 4.88 Å². The van der Waals surface area contributed by atoms with E-state index in [-0.39, 0.29) is 0 Å². The fraction of sp³-hybridized carbons (Fsp3) is 0.778. The van der Waals surface area contributed by atoms with Gasteiger partial charge in [-0.3, -0.25) is 0 Å². The zero-order valence-corrected chi connectivity index (χ0v) is 15.5. The smallest absolute Gasteiger partial charge is 0.0931 e. The van der Waals surface area contributed by atoms with Crippen molar-refractivity contribution in [2.24, 2.45) is 23.2 Å². The van der Waals surface area contributed by atoms with Gasteiger partial charge < -0.3 is 5.32 Å².